The van der Waals surface area contributed by atoms with Crippen LogP contribution in [0.2, 0.25) is 0 Å². The maximum Gasteiger partial charge on any atom is 0.344 e. The zero-order valence-corrected chi connectivity index (χ0v) is 10.6. The van der Waals surface area contributed by atoms with Gasteiger partial charge in [0.25, 0.3) is 6.04 Å². The highest BCUT2D eigenvalue weighted by molar-refractivity contribution is 5.75. The van der Waals surface area contributed by atoms with Gasteiger partial charge in [-0.1, -0.05) is 30.3 Å². The van der Waals surface area contributed by atoms with Crippen LogP contribution in [0.5, 0.6) is 0 Å². The van der Waals surface area contributed by atoms with E-state index in [2.05, 4.69) is 4.74 Å². The lowest BCUT2D eigenvalue weighted by atomic mass is 9.97. The number of methoxy groups -OCH3 is 1. The van der Waals surface area contributed by atoms with Crippen molar-refractivity contribution in [2.75, 3.05) is 14.2 Å². The molecular weight excluding hydrogens is 252 g/mol. The minimum atomic E-state index is -1.23. The van der Waals surface area contributed by atoms with Crippen LogP contribution in [0.3, 0.4) is 0 Å². The molecule has 0 radical (unpaired) electrons. The number of hydrogen-bond acceptors (Lipinski definition) is 6. The number of rotatable bonds is 3. The molecule has 0 amide bonds. The molecule has 102 valence electrons. The largest absolute Gasteiger partial charge is 0.467 e. The van der Waals surface area contributed by atoms with Crippen LogP contribution < -0.4 is 0 Å². The van der Waals surface area contributed by atoms with E-state index in [1.807, 2.05) is 6.07 Å². The average Bonchev–Trinajstić information content (AvgIpc) is 2.76. The van der Waals surface area contributed by atoms with Crippen molar-refractivity contribution in [3.8, 4) is 0 Å². The molecule has 1 aliphatic rings. The second-order valence-corrected chi connectivity index (χ2v) is 4.23. The van der Waals surface area contributed by atoms with E-state index in [9.17, 15) is 14.9 Å². The molecule has 1 aromatic carbocycles. The van der Waals surface area contributed by atoms with E-state index < -0.39 is 29.1 Å². The summed E-state index contributed by atoms with van der Waals surface area (Å²) in [7, 11) is 2.75. The topological polar surface area (TPSA) is 81.9 Å². The molecule has 2 rings (SSSR count). The maximum absolute atomic E-state index is 11.6. The van der Waals surface area contributed by atoms with Crippen LogP contribution in [0.15, 0.2) is 30.3 Å². The van der Waals surface area contributed by atoms with Gasteiger partial charge >= 0.3 is 5.97 Å². The molecule has 1 aliphatic heterocycles. The molecule has 0 bridgehead atoms. The molecule has 3 atom stereocenters. The smallest absolute Gasteiger partial charge is 0.344 e. The van der Waals surface area contributed by atoms with Crippen LogP contribution in [-0.2, 0) is 14.4 Å². The van der Waals surface area contributed by atoms with Gasteiger partial charge in [-0.05, 0) is 5.56 Å². The third kappa shape index (κ3) is 2.42. The lowest BCUT2D eigenvalue weighted by Gasteiger charge is -2.17. The molecule has 0 N–H and O–H groups in total. The summed E-state index contributed by atoms with van der Waals surface area (Å²) < 4.78 is 4.55. The van der Waals surface area contributed by atoms with E-state index in [1.54, 1.807) is 31.3 Å². The highest BCUT2D eigenvalue weighted by atomic mass is 16.7. The van der Waals surface area contributed by atoms with Gasteiger partial charge in [-0.15, -0.1) is 0 Å². The van der Waals surface area contributed by atoms with E-state index in [4.69, 9.17) is 4.84 Å². The van der Waals surface area contributed by atoms with Crippen molar-refractivity contribution in [3.63, 3.8) is 0 Å². The molecular formula is C12H14N2O5. The third-order valence-corrected chi connectivity index (χ3v) is 3.12. The SMILES string of the molecule is COC(=O)C1ON(C)C(c2ccccc2)C1[N+](=O)[O-]. The van der Waals surface area contributed by atoms with E-state index in [0.29, 0.717) is 0 Å². The van der Waals surface area contributed by atoms with Gasteiger partial charge in [-0.25, -0.2) is 4.79 Å². The summed E-state index contributed by atoms with van der Waals surface area (Å²) in [6, 6.07) is 7.09. The molecule has 1 heterocycles. The second-order valence-electron chi connectivity index (χ2n) is 4.23. The minimum Gasteiger partial charge on any atom is -0.467 e. The van der Waals surface area contributed by atoms with E-state index in [0.717, 1.165) is 5.56 Å². The number of nitro groups is 1. The Morgan fingerprint density at radius 2 is 2.05 bits per heavy atom. The first-order chi connectivity index (χ1) is 9.06. The molecule has 1 aromatic rings. The molecule has 0 saturated carbocycles. The van der Waals surface area contributed by atoms with Crippen LogP contribution in [0.4, 0.5) is 0 Å². The van der Waals surface area contributed by atoms with Crippen molar-refractivity contribution in [1.29, 1.82) is 0 Å². The number of carbonyl (C=O) groups is 1. The zero-order chi connectivity index (χ0) is 14.0. The molecule has 19 heavy (non-hydrogen) atoms. The number of benzene rings is 1. The van der Waals surface area contributed by atoms with Gasteiger partial charge < -0.3 is 4.74 Å². The average molecular weight is 266 g/mol. The summed E-state index contributed by atoms with van der Waals surface area (Å²) in [5.74, 6) is -0.744. The van der Waals surface area contributed by atoms with Gasteiger partial charge in [-0.2, -0.15) is 5.06 Å². The summed E-state index contributed by atoms with van der Waals surface area (Å²) in [5.41, 5.74) is 0.720. The fourth-order valence-corrected chi connectivity index (χ4v) is 2.27. The Morgan fingerprint density at radius 1 is 1.42 bits per heavy atom. The fraction of sp³-hybridized carbons (Fsp3) is 0.417. The predicted octanol–water partition coefficient (Wildman–Crippen LogP) is 0.792. The summed E-state index contributed by atoms with van der Waals surface area (Å²) in [5, 5.41) is 12.6. The maximum atomic E-state index is 11.6. The molecule has 0 spiro atoms. The summed E-state index contributed by atoms with van der Waals surface area (Å²) in [4.78, 5) is 27.6. The first kappa shape index (κ1) is 13.4. The van der Waals surface area contributed by atoms with Crippen molar-refractivity contribution >= 4 is 5.97 Å². The third-order valence-electron chi connectivity index (χ3n) is 3.12. The molecule has 7 heteroatoms. The molecule has 1 saturated heterocycles. The van der Waals surface area contributed by atoms with Crippen LogP contribution in [-0.4, -0.2) is 42.3 Å². The van der Waals surface area contributed by atoms with E-state index >= 15 is 0 Å². The number of nitrogens with zero attached hydrogens (tertiary/aromatic N) is 2. The Morgan fingerprint density at radius 3 is 2.58 bits per heavy atom. The number of carbonyl (C=O) groups excluding carboxylic acids is 1. The van der Waals surface area contributed by atoms with Crippen molar-refractivity contribution in [2.24, 2.45) is 0 Å². The first-order valence-corrected chi connectivity index (χ1v) is 5.72. The number of esters is 1. The molecule has 7 nitrogen and oxygen atoms in total. The van der Waals surface area contributed by atoms with Crippen molar-refractivity contribution in [1.82, 2.24) is 5.06 Å². The summed E-state index contributed by atoms with van der Waals surface area (Å²) in [6.07, 6.45) is -1.23. The van der Waals surface area contributed by atoms with Crippen LogP contribution in [0, 0.1) is 10.1 Å². The number of likely N-dealkylation sites (N-methyl/N-ethyl adjacent to an activating group) is 1. The Balaban J connectivity index is 2.37. The lowest BCUT2D eigenvalue weighted by Crippen LogP contribution is -2.39. The number of hydrogen-bond donors (Lipinski definition) is 0. The molecule has 0 aliphatic carbocycles. The van der Waals surface area contributed by atoms with Gasteiger partial charge in [-0.3, -0.25) is 15.0 Å². The van der Waals surface area contributed by atoms with Crippen LogP contribution >= 0.6 is 0 Å². The van der Waals surface area contributed by atoms with Gasteiger partial charge in [0.2, 0.25) is 6.10 Å². The molecule has 3 unspecified atom stereocenters. The molecule has 0 aromatic heterocycles. The van der Waals surface area contributed by atoms with E-state index in [1.165, 1.54) is 12.2 Å². The standard InChI is InChI=1S/C12H14N2O5/c1-13-9(8-6-4-3-5-7-8)10(14(16)17)11(19-13)12(15)18-2/h3-7,9-11H,1-2H3. The van der Waals surface area contributed by atoms with Crippen molar-refractivity contribution in [2.45, 2.75) is 18.2 Å². The predicted molar refractivity (Wildman–Crippen MR) is 64.6 cm³/mol. The van der Waals surface area contributed by atoms with Crippen LogP contribution in [0.25, 0.3) is 0 Å². The Bertz CT molecular complexity index is 478. The van der Waals surface area contributed by atoms with Crippen molar-refractivity contribution < 1.29 is 19.3 Å². The first-order valence-electron chi connectivity index (χ1n) is 5.72. The highest BCUT2D eigenvalue weighted by Crippen LogP contribution is 2.35. The molecule has 1 fully saturated rings. The lowest BCUT2D eigenvalue weighted by molar-refractivity contribution is -0.528. The van der Waals surface area contributed by atoms with E-state index in [-0.39, 0.29) is 0 Å². The number of hydroxylamine groups is 2. The Labute approximate surface area is 109 Å². The normalized spacial score (nSPS) is 27.2. The Kier molecular flexibility index (Phi) is 3.77. The monoisotopic (exact) mass is 266 g/mol. The van der Waals surface area contributed by atoms with Crippen LogP contribution in [0.1, 0.15) is 11.6 Å². The van der Waals surface area contributed by atoms with Gasteiger partial charge in [0.15, 0.2) is 0 Å². The van der Waals surface area contributed by atoms with Gasteiger partial charge in [0.05, 0.1) is 7.11 Å². The van der Waals surface area contributed by atoms with Crippen molar-refractivity contribution in [3.05, 3.63) is 46.0 Å². The Hall–Kier alpha value is -1.99. The quantitative estimate of drug-likeness (QED) is 0.457. The summed E-state index contributed by atoms with van der Waals surface area (Å²) >= 11 is 0. The minimum absolute atomic E-state index is 0.497. The fourth-order valence-electron chi connectivity index (χ4n) is 2.27. The highest BCUT2D eigenvalue weighted by Gasteiger charge is 2.54. The zero-order valence-electron chi connectivity index (χ0n) is 10.6. The summed E-state index contributed by atoms with van der Waals surface area (Å²) in [6.45, 7) is 0. The van der Waals surface area contributed by atoms with Gasteiger partial charge in [0, 0.05) is 12.0 Å². The second kappa shape index (κ2) is 5.33. The number of ether oxygens (including phenoxy) is 1. The van der Waals surface area contributed by atoms with Gasteiger partial charge in [0.1, 0.15) is 6.04 Å².